The number of carbonyl (C=O) groups is 2. The van der Waals surface area contributed by atoms with Crippen LogP contribution in [-0.2, 0) is 27.3 Å². The van der Waals surface area contributed by atoms with Crippen LogP contribution in [0, 0.1) is 5.82 Å². The minimum atomic E-state index is -0.463. The Bertz CT molecular complexity index is 1340. The van der Waals surface area contributed by atoms with E-state index in [2.05, 4.69) is 5.32 Å². The van der Waals surface area contributed by atoms with Gasteiger partial charge in [-0.3, -0.25) is 9.59 Å². The van der Waals surface area contributed by atoms with E-state index in [1.54, 1.807) is 12.1 Å². The minimum absolute atomic E-state index is 0.0578. The van der Waals surface area contributed by atoms with E-state index in [0.29, 0.717) is 54.6 Å². The fourth-order valence-electron chi connectivity index (χ4n) is 4.88. The molecular formula is C29H28FNO6. The third kappa shape index (κ3) is 5.38. The van der Waals surface area contributed by atoms with Gasteiger partial charge in [0, 0.05) is 42.1 Å². The van der Waals surface area contributed by atoms with Gasteiger partial charge >= 0.3 is 5.97 Å². The Kier molecular flexibility index (Phi) is 6.99. The van der Waals surface area contributed by atoms with Crippen LogP contribution in [0.3, 0.4) is 0 Å². The van der Waals surface area contributed by atoms with Gasteiger partial charge in [-0.15, -0.1) is 0 Å². The van der Waals surface area contributed by atoms with Crippen LogP contribution in [0.4, 0.5) is 4.39 Å². The summed E-state index contributed by atoms with van der Waals surface area (Å²) in [5.41, 5.74) is 3.12. The van der Waals surface area contributed by atoms with Gasteiger partial charge in [-0.1, -0.05) is 18.2 Å². The topological polar surface area (TPSA) is 83.1 Å². The molecule has 1 aliphatic heterocycles. The SMILES string of the molecule is COC(=O)CC1COc2cc(O[C@@H]3CCc4c(Oc5cccc(CNC(C)=O)c5)ccc(F)c43)ccc21. The number of methoxy groups -OCH3 is 1. The summed E-state index contributed by atoms with van der Waals surface area (Å²) < 4.78 is 37.9. The normalized spacial score (nSPS) is 17.4. The molecule has 7 nitrogen and oxygen atoms in total. The van der Waals surface area contributed by atoms with Crippen molar-refractivity contribution in [1.82, 2.24) is 5.32 Å². The van der Waals surface area contributed by atoms with Crippen LogP contribution in [0.15, 0.2) is 54.6 Å². The first-order chi connectivity index (χ1) is 17.9. The molecule has 0 saturated carbocycles. The second-order valence-electron chi connectivity index (χ2n) is 9.23. The number of nitrogens with one attached hydrogen (secondary N) is 1. The predicted molar refractivity (Wildman–Crippen MR) is 133 cm³/mol. The number of halogens is 1. The summed E-state index contributed by atoms with van der Waals surface area (Å²) in [4.78, 5) is 22.9. The van der Waals surface area contributed by atoms with E-state index in [-0.39, 0.29) is 30.0 Å². The molecule has 1 heterocycles. The molecule has 5 rings (SSSR count). The van der Waals surface area contributed by atoms with Crippen LogP contribution in [-0.4, -0.2) is 25.6 Å². The molecule has 3 aromatic carbocycles. The molecule has 1 aliphatic carbocycles. The van der Waals surface area contributed by atoms with E-state index in [9.17, 15) is 14.0 Å². The van der Waals surface area contributed by atoms with Gasteiger partial charge in [-0.05, 0) is 48.7 Å². The number of hydrogen-bond donors (Lipinski definition) is 1. The van der Waals surface area contributed by atoms with E-state index >= 15 is 0 Å². The molecule has 1 N–H and O–H groups in total. The summed E-state index contributed by atoms with van der Waals surface area (Å²) in [6, 6.07) is 16.0. The summed E-state index contributed by atoms with van der Waals surface area (Å²) in [5.74, 6) is 1.66. The van der Waals surface area contributed by atoms with E-state index in [4.69, 9.17) is 18.9 Å². The molecule has 1 amide bonds. The molecule has 0 spiro atoms. The number of ether oxygens (including phenoxy) is 4. The van der Waals surface area contributed by atoms with Crippen molar-refractivity contribution in [2.24, 2.45) is 0 Å². The van der Waals surface area contributed by atoms with Gasteiger partial charge in [0.25, 0.3) is 0 Å². The van der Waals surface area contributed by atoms with Crippen LogP contribution >= 0.6 is 0 Å². The molecule has 3 aromatic rings. The third-order valence-corrected chi connectivity index (χ3v) is 6.69. The molecule has 0 saturated heterocycles. The highest BCUT2D eigenvalue weighted by atomic mass is 19.1. The van der Waals surface area contributed by atoms with E-state index < -0.39 is 6.10 Å². The van der Waals surface area contributed by atoms with Crippen molar-refractivity contribution in [2.45, 2.75) is 44.8 Å². The lowest BCUT2D eigenvalue weighted by atomic mass is 9.98. The van der Waals surface area contributed by atoms with E-state index in [1.807, 2.05) is 36.4 Å². The Morgan fingerprint density at radius 3 is 2.78 bits per heavy atom. The lowest BCUT2D eigenvalue weighted by Gasteiger charge is -2.17. The van der Waals surface area contributed by atoms with E-state index in [0.717, 1.165) is 16.7 Å². The number of esters is 1. The second-order valence-corrected chi connectivity index (χ2v) is 9.23. The highest BCUT2D eigenvalue weighted by Gasteiger charge is 2.32. The molecule has 0 radical (unpaired) electrons. The van der Waals surface area contributed by atoms with Crippen molar-refractivity contribution >= 4 is 11.9 Å². The number of hydrogen-bond acceptors (Lipinski definition) is 6. The summed E-state index contributed by atoms with van der Waals surface area (Å²) in [6.45, 7) is 2.28. The van der Waals surface area contributed by atoms with Gasteiger partial charge < -0.3 is 24.3 Å². The van der Waals surface area contributed by atoms with Crippen molar-refractivity contribution in [1.29, 1.82) is 0 Å². The minimum Gasteiger partial charge on any atom is -0.492 e. The zero-order valence-corrected chi connectivity index (χ0v) is 20.7. The molecule has 0 fully saturated rings. The highest BCUT2D eigenvalue weighted by molar-refractivity contribution is 5.72. The number of amides is 1. The van der Waals surface area contributed by atoms with Gasteiger partial charge in [0.15, 0.2) is 0 Å². The standard InChI is InChI=1S/C29H28FNO6/c1-17(32)31-15-18-4-3-5-20(12-18)36-25-11-9-24(30)29-23(25)8-10-26(29)37-21-6-7-22-19(13-28(33)34-2)16-35-27(22)14-21/h3-7,9,11-12,14,19,26H,8,10,13,15-16H2,1-2H3,(H,31,32)/t19?,26-/m1/s1. The Morgan fingerprint density at radius 1 is 1.11 bits per heavy atom. The number of benzene rings is 3. The molecule has 37 heavy (non-hydrogen) atoms. The molecule has 0 bridgehead atoms. The zero-order chi connectivity index (χ0) is 25.9. The van der Waals surface area contributed by atoms with Gasteiger partial charge in [-0.25, -0.2) is 4.39 Å². The fourth-order valence-corrected chi connectivity index (χ4v) is 4.88. The summed E-state index contributed by atoms with van der Waals surface area (Å²) in [6.07, 6.45) is 1.01. The summed E-state index contributed by atoms with van der Waals surface area (Å²) in [5, 5.41) is 2.77. The highest BCUT2D eigenvalue weighted by Crippen LogP contribution is 2.44. The second kappa shape index (κ2) is 10.5. The Balaban J connectivity index is 1.32. The lowest BCUT2D eigenvalue weighted by molar-refractivity contribution is -0.141. The summed E-state index contributed by atoms with van der Waals surface area (Å²) in [7, 11) is 1.37. The molecular weight excluding hydrogens is 477 g/mol. The zero-order valence-electron chi connectivity index (χ0n) is 20.7. The maximum Gasteiger partial charge on any atom is 0.306 e. The first-order valence-corrected chi connectivity index (χ1v) is 12.2. The molecule has 8 heteroatoms. The lowest BCUT2D eigenvalue weighted by Crippen LogP contribution is -2.18. The maximum absolute atomic E-state index is 15.0. The van der Waals surface area contributed by atoms with Crippen molar-refractivity contribution in [2.75, 3.05) is 13.7 Å². The van der Waals surface area contributed by atoms with Crippen LogP contribution in [0.2, 0.25) is 0 Å². The van der Waals surface area contributed by atoms with Crippen molar-refractivity contribution < 1.29 is 32.9 Å². The maximum atomic E-state index is 15.0. The van der Waals surface area contributed by atoms with Gasteiger partial charge in [-0.2, -0.15) is 0 Å². The molecule has 0 aromatic heterocycles. The number of carbonyl (C=O) groups excluding carboxylic acids is 2. The Labute approximate surface area is 214 Å². The van der Waals surface area contributed by atoms with Crippen molar-refractivity contribution in [3.63, 3.8) is 0 Å². The smallest absolute Gasteiger partial charge is 0.306 e. The number of rotatable bonds is 8. The van der Waals surface area contributed by atoms with Crippen LogP contribution in [0.5, 0.6) is 23.0 Å². The van der Waals surface area contributed by atoms with Crippen LogP contribution in [0.25, 0.3) is 0 Å². The average Bonchev–Trinajstić information content (AvgIpc) is 3.49. The van der Waals surface area contributed by atoms with Crippen LogP contribution in [0.1, 0.15) is 54.0 Å². The molecule has 2 atom stereocenters. The van der Waals surface area contributed by atoms with Gasteiger partial charge in [0.05, 0.1) is 20.1 Å². The largest absolute Gasteiger partial charge is 0.492 e. The van der Waals surface area contributed by atoms with Gasteiger partial charge in [0.1, 0.15) is 34.9 Å². The van der Waals surface area contributed by atoms with Gasteiger partial charge in [0.2, 0.25) is 5.91 Å². The first-order valence-electron chi connectivity index (χ1n) is 12.2. The Hall–Kier alpha value is -4.07. The third-order valence-electron chi connectivity index (χ3n) is 6.69. The Morgan fingerprint density at radius 2 is 1.97 bits per heavy atom. The van der Waals surface area contributed by atoms with Crippen LogP contribution < -0.4 is 19.5 Å². The molecule has 2 aliphatic rings. The van der Waals surface area contributed by atoms with Crippen molar-refractivity contribution in [3.05, 3.63) is 82.7 Å². The predicted octanol–water partition coefficient (Wildman–Crippen LogP) is 5.36. The fraction of sp³-hybridized carbons (Fsp3) is 0.310. The van der Waals surface area contributed by atoms with E-state index in [1.165, 1.54) is 20.1 Å². The number of fused-ring (bicyclic) bond motifs is 2. The average molecular weight is 506 g/mol. The monoisotopic (exact) mass is 505 g/mol. The first kappa shape index (κ1) is 24.6. The quantitative estimate of drug-likeness (QED) is 0.415. The molecule has 192 valence electrons. The summed E-state index contributed by atoms with van der Waals surface area (Å²) >= 11 is 0. The van der Waals surface area contributed by atoms with Crippen molar-refractivity contribution in [3.8, 4) is 23.0 Å². The molecule has 1 unspecified atom stereocenters.